The Kier molecular flexibility index (Phi) is 9.71. The number of hydrogen-bond acceptors (Lipinski definition) is 6. The van der Waals surface area contributed by atoms with Crippen molar-refractivity contribution in [2.24, 2.45) is 0 Å². The zero-order valence-electron chi connectivity index (χ0n) is 14.6. The smallest absolute Gasteiger partial charge is 0.306 e. The third-order valence-corrected chi connectivity index (χ3v) is 6.09. The molecule has 1 aromatic carbocycles. The quantitative estimate of drug-likeness (QED) is 0.465. The van der Waals surface area contributed by atoms with E-state index in [4.69, 9.17) is 4.74 Å². The fourth-order valence-corrected chi connectivity index (χ4v) is 4.63. The number of para-hydroxylation sites is 1. The van der Waals surface area contributed by atoms with Crippen molar-refractivity contribution < 1.29 is 19.1 Å². The van der Waals surface area contributed by atoms with Crippen LogP contribution < -0.4 is 4.74 Å². The average Bonchev–Trinajstić information content (AvgIpc) is 2.59. The van der Waals surface area contributed by atoms with Crippen LogP contribution in [0, 0.1) is 0 Å². The topological polar surface area (TPSA) is 55.8 Å². The van der Waals surface area contributed by atoms with Crippen LogP contribution in [-0.4, -0.2) is 56.6 Å². The van der Waals surface area contributed by atoms with E-state index in [-0.39, 0.29) is 16.5 Å². The zero-order chi connectivity index (χ0) is 17.9. The first-order valence-corrected chi connectivity index (χ1v) is 9.72. The highest BCUT2D eigenvalue weighted by Crippen LogP contribution is 2.43. The van der Waals surface area contributed by atoms with Crippen LogP contribution in [0.1, 0.15) is 23.0 Å². The van der Waals surface area contributed by atoms with Crippen molar-refractivity contribution in [2.75, 3.05) is 39.8 Å². The molecule has 0 heterocycles. The van der Waals surface area contributed by atoms with Crippen molar-refractivity contribution in [3.63, 3.8) is 0 Å². The minimum absolute atomic E-state index is 0.0979. The second-order valence-electron chi connectivity index (χ2n) is 5.18. The summed E-state index contributed by atoms with van der Waals surface area (Å²) in [6, 6.07) is 7.85. The van der Waals surface area contributed by atoms with Gasteiger partial charge in [-0.2, -0.15) is 0 Å². The Morgan fingerprint density at radius 1 is 1.08 bits per heavy atom. The molecule has 0 aliphatic heterocycles. The summed E-state index contributed by atoms with van der Waals surface area (Å²) >= 11 is 3.36. The number of ether oxygens (including phenoxy) is 2. The molecule has 0 saturated carbocycles. The third kappa shape index (κ3) is 7.05. The molecule has 24 heavy (non-hydrogen) atoms. The van der Waals surface area contributed by atoms with Crippen LogP contribution in [-0.2, 0) is 14.3 Å². The van der Waals surface area contributed by atoms with Crippen molar-refractivity contribution >= 4 is 35.4 Å². The summed E-state index contributed by atoms with van der Waals surface area (Å²) in [6.07, 6.45) is 0.852. The van der Waals surface area contributed by atoms with Crippen LogP contribution in [0.5, 0.6) is 5.75 Å². The Bertz CT molecular complexity index is 537. The van der Waals surface area contributed by atoms with Crippen LogP contribution in [0.25, 0.3) is 0 Å². The highest BCUT2D eigenvalue weighted by molar-refractivity contribution is 8.16. The number of benzene rings is 1. The van der Waals surface area contributed by atoms with E-state index < -0.39 is 0 Å². The predicted molar refractivity (Wildman–Crippen MR) is 101 cm³/mol. The number of thioether (sulfide) groups is 2. The maximum atomic E-state index is 11.7. The Labute approximate surface area is 152 Å². The van der Waals surface area contributed by atoms with Crippen molar-refractivity contribution in [1.82, 2.24) is 4.90 Å². The maximum absolute atomic E-state index is 11.7. The van der Waals surface area contributed by atoms with Gasteiger partial charge in [-0.05, 0) is 6.07 Å². The van der Waals surface area contributed by atoms with E-state index in [0.29, 0.717) is 24.3 Å². The molecule has 1 unspecified atom stereocenters. The number of amides is 1. The van der Waals surface area contributed by atoms with Gasteiger partial charge in [0.1, 0.15) is 5.75 Å². The van der Waals surface area contributed by atoms with Crippen LogP contribution in [0.4, 0.5) is 0 Å². The zero-order valence-corrected chi connectivity index (χ0v) is 16.2. The van der Waals surface area contributed by atoms with Crippen molar-refractivity contribution in [3.8, 4) is 5.75 Å². The Morgan fingerprint density at radius 2 is 1.71 bits per heavy atom. The van der Waals surface area contributed by atoms with Gasteiger partial charge in [0.05, 0.1) is 25.2 Å². The monoisotopic (exact) mass is 371 g/mol. The van der Waals surface area contributed by atoms with Crippen LogP contribution in [0.15, 0.2) is 24.3 Å². The molecule has 0 aromatic heterocycles. The normalized spacial score (nSPS) is 11.7. The van der Waals surface area contributed by atoms with E-state index in [1.165, 1.54) is 7.11 Å². The number of esters is 1. The largest absolute Gasteiger partial charge is 0.496 e. The van der Waals surface area contributed by atoms with Gasteiger partial charge in [-0.25, -0.2) is 0 Å². The first-order valence-electron chi connectivity index (χ1n) is 7.62. The van der Waals surface area contributed by atoms with Crippen LogP contribution >= 0.6 is 23.5 Å². The van der Waals surface area contributed by atoms with Crippen LogP contribution in [0.3, 0.4) is 0 Å². The molecule has 0 bridgehead atoms. The van der Waals surface area contributed by atoms with Gasteiger partial charge in [0.15, 0.2) is 0 Å². The van der Waals surface area contributed by atoms with Crippen molar-refractivity contribution in [2.45, 2.75) is 17.4 Å². The van der Waals surface area contributed by atoms with E-state index in [2.05, 4.69) is 4.74 Å². The van der Waals surface area contributed by atoms with Gasteiger partial charge in [-0.15, -0.1) is 23.5 Å². The minimum atomic E-state index is -0.214. The first kappa shape index (κ1) is 20.7. The first-order chi connectivity index (χ1) is 11.5. The summed E-state index contributed by atoms with van der Waals surface area (Å²) in [5.74, 6) is 2.09. The van der Waals surface area contributed by atoms with Gasteiger partial charge < -0.3 is 14.4 Å². The molecule has 0 saturated heterocycles. The van der Waals surface area contributed by atoms with Gasteiger partial charge in [0.2, 0.25) is 5.91 Å². The SMILES string of the molecule is COC(=O)CCSC(SCCC(=O)N(C)C)c1ccccc1OC. The molecule has 7 heteroatoms. The summed E-state index contributed by atoms with van der Waals surface area (Å²) in [6.45, 7) is 0. The van der Waals surface area contributed by atoms with Crippen molar-refractivity contribution in [1.29, 1.82) is 0 Å². The predicted octanol–water partition coefficient (Wildman–Crippen LogP) is 3.20. The van der Waals surface area contributed by atoms with Gasteiger partial charge >= 0.3 is 5.97 Å². The highest BCUT2D eigenvalue weighted by atomic mass is 32.2. The molecule has 1 rings (SSSR count). The third-order valence-electron chi connectivity index (χ3n) is 3.28. The van der Waals surface area contributed by atoms with E-state index in [0.717, 1.165) is 11.3 Å². The number of nitrogens with zero attached hydrogens (tertiary/aromatic N) is 1. The molecule has 0 aliphatic carbocycles. The van der Waals surface area contributed by atoms with Gasteiger partial charge in [0.25, 0.3) is 0 Å². The summed E-state index contributed by atoms with van der Waals surface area (Å²) in [5, 5.41) is 0. The Hall–Kier alpha value is -1.34. The summed E-state index contributed by atoms with van der Waals surface area (Å²) in [5.41, 5.74) is 1.07. The van der Waals surface area contributed by atoms with E-state index in [1.807, 2.05) is 24.3 Å². The van der Waals surface area contributed by atoms with E-state index in [9.17, 15) is 9.59 Å². The highest BCUT2D eigenvalue weighted by Gasteiger charge is 2.18. The van der Waals surface area contributed by atoms with Crippen LogP contribution in [0.2, 0.25) is 0 Å². The second-order valence-corrected chi connectivity index (χ2v) is 7.90. The number of methoxy groups -OCH3 is 2. The number of hydrogen-bond donors (Lipinski definition) is 0. The molecule has 0 radical (unpaired) electrons. The summed E-state index contributed by atoms with van der Waals surface area (Å²) in [4.78, 5) is 24.7. The second kappa shape index (κ2) is 11.3. The summed E-state index contributed by atoms with van der Waals surface area (Å²) < 4.78 is 10.2. The lowest BCUT2D eigenvalue weighted by Gasteiger charge is -2.19. The summed E-state index contributed by atoms with van der Waals surface area (Å²) in [7, 11) is 6.56. The molecule has 0 aliphatic rings. The maximum Gasteiger partial charge on any atom is 0.306 e. The Balaban J connectivity index is 2.71. The molecule has 0 spiro atoms. The van der Waals surface area contributed by atoms with E-state index >= 15 is 0 Å². The lowest BCUT2D eigenvalue weighted by Crippen LogP contribution is -2.21. The molecular formula is C17H25NO4S2. The van der Waals surface area contributed by atoms with Gasteiger partial charge in [0, 0.05) is 37.6 Å². The molecule has 1 aromatic rings. The number of carbonyl (C=O) groups excluding carboxylic acids is 2. The van der Waals surface area contributed by atoms with E-state index in [1.54, 1.807) is 49.6 Å². The fourth-order valence-electron chi connectivity index (χ4n) is 1.92. The molecule has 0 fully saturated rings. The fraction of sp³-hybridized carbons (Fsp3) is 0.529. The molecule has 134 valence electrons. The molecular weight excluding hydrogens is 346 g/mol. The van der Waals surface area contributed by atoms with Crippen molar-refractivity contribution in [3.05, 3.63) is 29.8 Å². The van der Waals surface area contributed by atoms with Gasteiger partial charge in [-0.1, -0.05) is 18.2 Å². The molecule has 1 amide bonds. The number of rotatable bonds is 10. The average molecular weight is 372 g/mol. The molecule has 1 atom stereocenters. The Morgan fingerprint density at radius 3 is 2.29 bits per heavy atom. The lowest BCUT2D eigenvalue weighted by atomic mass is 10.2. The lowest BCUT2D eigenvalue weighted by molar-refractivity contribution is -0.140. The van der Waals surface area contributed by atoms with Gasteiger partial charge in [-0.3, -0.25) is 9.59 Å². The standard InChI is InChI=1S/C17H25NO4S2/c1-18(2)15(19)9-11-23-17(24-12-10-16(20)22-4)13-7-5-6-8-14(13)21-3/h5-8,17H,9-12H2,1-4H3. The minimum Gasteiger partial charge on any atom is -0.496 e. The number of carbonyl (C=O) groups is 2. The molecule has 5 nitrogen and oxygen atoms in total. The molecule has 0 N–H and O–H groups in total.